The lowest BCUT2D eigenvalue weighted by Crippen LogP contribution is -2.38. The van der Waals surface area contributed by atoms with Gasteiger partial charge in [-0.1, -0.05) is 28.1 Å². The van der Waals surface area contributed by atoms with Crippen molar-refractivity contribution in [3.8, 4) is 0 Å². The molecule has 0 aliphatic rings. The average molecular weight is 359 g/mol. The van der Waals surface area contributed by atoms with Crippen LogP contribution in [0.15, 0.2) is 40.9 Å². The summed E-state index contributed by atoms with van der Waals surface area (Å²) in [4.78, 5) is 0. The lowest BCUT2D eigenvalue weighted by atomic mass is 9.99. The van der Waals surface area contributed by atoms with Gasteiger partial charge < -0.3 is 0 Å². The van der Waals surface area contributed by atoms with Crippen molar-refractivity contribution in [2.45, 2.75) is 18.9 Å². The Morgan fingerprint density at radius 3 is 2.38 bits per heavy atom. The molecule has 3 N–H and O–H groups in total. The standard InChI is InChI=1S/C15H14BrF3N2/c16-13-8-11(17)3-2-10(13)7-12(21-20)5-9-1-4-14(18)15(19)6-9/h1-4,6,8,12,21H,5,7,20H2. The highest BCUT2D eigenvalue weighted by atomic mass is 79.9. The van der Waals surface area contributed by atoms with E-state index in [-0.39, 0.29) is 11.9 Å². The van der Waals surface area contributed by atoms with Crippen LogP contribution < -0.4 is 11.3 Å². The Morgan fingerprint density at radius 2 is 1.76 bits per heavy atom. The van der Waals surface area contributed by atoms with Crippen LogP contribution in [0.25, 0.3) is 0 Å². The molecule has 2 aromatic rings. The molecule has 112 valence electrons. The average Bonchev–Trinajstić information content (AvgIpc) is 2.44. The van der Waals surface area contributed by atoms with Gasteiger partial charge in [0.2, 0.25) is 0 Å². The summed E-state index contributed by atoms with van der Waals surface area (Å²) in [6, 6.07) is 7.98. The van der Waals surface area contributed by atoms with Gasteiger partial charge in [-0.15, -0.1) is 0 Å². The number of nitrogens with one attached hydrogen (secondary N) is 1. The first kappa shape index (κ1) is 16.0. The fourth-order valence-electron chi connectivity index (χ4n) is 2.09. The van der Waals surface area contributed by atoms with E-state index in [0.717, 1.165) is 17.7 Å². The van der Waals surface area contributed by atoms with E-state index in [4.69, 9.17) is 5.84 Å². The molecule has 0 spiro atoms. The van der Waals surface area contributed by atoms with Gasteiger partial charge in [0.1, 0.15) is 5.82 Å². The van der Waals surface area contributed by atoms with Crippen LogP contribution in [-0.2, 0) is 12.8 Å². The molecular weight excluding hydrogens is 345 g/mol. The second kappa shape index (κ2) is 7.06. The summed E-state index contributed by atoms with van der Waals surface area (Å²) in [5.41, 5.74) is 4.16. The Morgan fingerprint density at radius 1 is 1.00 bits per heavy atom. The highest BCUT2D eigenvalue weighted by Gasteiger charge is 2.13. The highest BCUT2D eigenvalue weighted by Crippen LogP contribution is 2.20. The van der Waals surface area contributed by atoms with Gasteiger partial charge in [-0.25, -0.2) is 13.2 Å². The summed E-state index contributed by atoms with van der Waals surface area (Å²) >= 11 is 3.29. The Balaban J connectivity index is 2.10. The van der Waals surface area contributed by atoms with Crippen LogP contribution in [0.5, 0.6) is 0 Å². The van der Waals surface area contributed by atoms with Crippen molar-refractivity contribution in [1.82, 2.24) is 5.43 Å². The molecule has 0 saturated carbocycles. The van der Waals surface area contributed by atoms with Crippen LogP contribution in [0.1, 0.15) is 11.1 Å². The van der Waals surface area contributed by atoms with Crippen molar-refractivity contribution < 1.29 is 13.2 Å². The summed E-state index contributed by atoms with van der Waals surface area (Å²) in [6.45, 7) is 0. The van der Waals surface area contributed by atoms with Crippen LogP contribution in [0, 0.1) is 17.5 Å². The van der Waals surface area contributed by atoms with Crippen LogP contribution in [-0.4, -0.2) is 6.04 Å². The molecule has 0 heterocycles. The van der Waals surface area contributed by atoms with E-state index in [1.807, 2.05) is 0 Å². The Labute approximate surface area is 129 Å². The largest absolute Gasteiger partial charge is 0.271 e. The Kier molecular flexibility index (Phi) is 5.39. The zero-order valence-corrected chi connectivity index (χ0v) is 12.6. The van der Waals surface area contributed by atoms with Crippen molar-refractivity contribution in [1.29, 1.82) is 0 Å². The number of hydrogen-bond acceptors (Lipinski definition) is 2. The third-order valence-corrected chi connectivity index (χ3v) is 3.92. The van der Waals surface area contributed by atoms with Gasteiger partial charge in [0.25, 0.3) is 0 Å². The first-order chi connectivity index (χ1) is 9.99. The second-order valence-electron chi connectivity index (χ2n) is 4.76. The summed E-state index contributed by atoms with van der Waals surface area (Å²) in [5, 5.41) is 0. The molecule has 0 fully saturated rings. The zero-order valence-electron chi connectivity index (χ0n) is 11.0. The number of benzene rings is 2. The lowest BCUT2D eigenvalue weighted by Gasteiger charge is -2.17. The van der Waals surface area contributed by atoms with E-state index in [0.29, 0.717) is 22.9 Å². The van der Waals surface area contributed by atoms with Gasteiger partial charge in [0.05, 0.1) is 0 Å². The Bertz CT molecular complexity index is 634. The molecule has 0 aromatic heterocycles. The SMILES string of the molecule is NNC(Cc1ccc(F)c(F)c1)Cc1ccc(F)cc1Br. The predicted octanol–water partition coefficient (Wildman–Crippen LogP) is 3.48. The van der Waals surface area contributed by atoms with E-state index in [9.17, 15) is 13.2 Å². The van der Waals surface area contributed by atoms with Gasteiger partial charge >= 0.3 is 0 Å². The van der Waals surface area contributed by atoms with Crippen LogP contribution >= 0.6 is 15.9 Å². The summed E-state index contributed by atoms with van der Waals surface area (Å²) in [6.07, 6.45) is 0.952. The minimum Gasteiger partial charge on any atom is -0.271 e. The molecule has 0 amide bonds. The summed E-state index contributed by atoms with van der Waals surface area (Å²) in [7, 11) is 0. The zero-order chi connectivity index (χ0) is 15.4. The molecule has 0 aliphatic carbocycles. The van der Waals surface area contributed by atoms with E-state index >= 15 is 0 Å². The topological polar surface area (TPSA) is 38.0 Å². The molecule has 2 nitrogen and oxygen atoms in total. The van der Waals surface area contributed by atoms with Crippen LogP contribution in [0.4, 0.5) is 13.2 Å². The van der Waals surface area contributed by atoms with Gasteiger partial charge in [-0.2, -0.15) is 0 Å². The maximum atomic E-state index is 13.2. The smallest absolute Gasteiger partial charge is 0.159 e. The van der Waals surface area contributed by atoms with Gasteiger partial charge in [-0.05, 0) is 48.2 Å². The van der Waals surface area contributed by atoms with Crippen molar-refractivity contribution >= 4 is 15.9 Å². The van der Waals surface area contributed by atoms with Crippen LogP contribution in [0.2, 0.25) is 0 Å². The van der Waals surface area contributed by atoms with Crippen molar-refractivity contribution in [2.24, 2.45) is 5.84 Å². The molecule has 1 atom stereocenters. The molecule has 1 unspecified atom stereocenters. The highest BCUT2D eigenvalue weighted by molar-refractivity contribution is 9.10. The lowest BCUT2D eigenvalue weighted by molar-refractivity contribution is 0.497. The summed E-state index contributed by atoms with van der Waals surface area (Å²) < 4.78 is 39.8. The molecule has 21 heavy (non-hydrogen) atoms. The van der Waals surface area contributed by atoms with E-state index in [1.165, 1.54) is 18.2 Å². The van der Waals surface area contributed by atoms with Gasteiger partial charge in [0, 0.05) is 10.5 Å². The van der Waals surface area contributed by atoms with Crippen molar-refractivity contribution in [3.63, 3.8) is 0 Å². The first-order valence-electron chi connectivity index (χ1n) is 6.33. The fourth-order valence-corrected chi connectivity index (χ4v) is 2.61. The molecule has 2 rings (SSSR count). The summed E-state index contributed by atoms with van der Waals surface area (Å²) in [5.74, 6) is 3.42. The molecule has 0 radical (unpaired) electrons. The molecule has 0 bridgehead atoms. The number of rotatable bonds is 5. The number of halogens is 4. The molecule has 6 heteroatoms. The van der Waals surface area contributed by atoms with Gasteiger partial charge in [-0.3, -0.25) is 11.3 Å². The third kappa shape index (κ3) is 4.30. The van der Waals surface area contributed by atoms with E-state index in [1.54, 1.807) is 6.07 Å². The quantitative estimate of drug-likeness (QED) is 0.634. The fraction of sp³-hybridized carbons (Fsp3) is 0.200. The maximum Gasteiger partial charge on any atom is 0.159 e. The van der Waals surface area contributed by atoms with Crippen molar-refractivity contribution in [2.75, 3.05) is 0 Å². The van der Waals surface area contributed by atoms with E-state index in [2.05, 4.69) is 21.4 Å². The Hall–Kier alpha value is -1.37. The molecule has 2 aromatic carbocycles. The second-order valence-corrected chi connectivity index (χ2v) is 5.61. The first-order valence-corrected chi connectivity index (χ1v) is 7.13. The number of hydrazine groups is 1. The predicted molar refractivity (Wildman–Crippen MR) is 79.0 cm³/mol. The van der Waals surface area contributed by atoms with Crippen molar-refractivity contribution in [3.05, 3.63) is 69.4 Å². The molecule has 0 aliphatic heterocycles. The van der Waals surface area contributed by atoms with Crippen LogP contribution in [0.3, 0.4) is 0 Å². The maximum absolute atomic E-state index is 13.2. The minimum absolute atomic E-state index is 0.184. The molecular formula is C15H14BrF3N2. The third-order valence-electron chi connectivity index (χ3n) is 3.18. The number of hydrogen-bond donors (Lipinski definition) is 2. The normalized spacial score (nSPS) is 12.4. The van der Waals surface area contributed by atoms with E-state index < -0.39 is 11.6 Å². The minimum atomic E-state index is -0.883. The van der Waals surface area contributed by atoms with Gasteiger partial charge in [0.15, 0.2) is 11.6 Å². The number of nitrogens with two attached hydrogens (primary N) is 1. The molecule has 0 saturated heterocycles. The monoisotopic (exact) mass is 358 g/mol.